The lowest BCUT2D eigenvalue weighted by Gasteiger charge is -2.26. The Morgan fingerprint density at radius 1 is 1.21 bits per heavy atom. The summed E-state index contributed by atoms with van der Waals surface area (Å²) in [6.45, 7) is 5.14. The van der Waals surface area contributed by atoms with Crippen LogP contribution < -0.4 is 0 Å². The summed E-state index contributed by atoms with van der Waals surface area (Å²) in [7, 11) is 0. The second kappa shape index (κ2) is 5.78. The van der Waals surface area contributed by atoms with Crippen molar-refractivity contribution in [3.05, 3.63) is 34.6 Å². The van der Waals surface area contributed by atoms with E-state index < -0.39 is 0 Å². The Labute approximate surface area is 119 Å². The fourth-order valence-electron chi connectivity index (χ4n) is 3.33. The van der Waals surface area contributed by atoms with Gasteiger partial charge in [0.2, 0.25) is 0 Å². The number of hydrogen-bond donors (Lipinski definition) is 0. The molecule has 2 aliphatic heterocycles. The van der Waals surface area contributed by atoms with Gasteiger partial charge in [0.1, 0.15) is 5.82 Å². The van der Waals surface area contributed by atoms with Gasteiger partial charge in [-0.05, 0) is 51.0 Å². The molecule has 1 aromatic carbocycles. The van der Waals surface area contributed by atoms with Gasteiger partial charge in [-0.25, -0.2) is 4.39 Å². The highest BCUT2D eigenvalue weighted by Gasteiger charge is 2.29. The molecular weight excluding hydrogens is 263 g/mol. The predicted octanol–water partition coefficient (Wildman–Crippen LogP) is 3.15. The highest BCUT2D eigenvalue weighted by Crippen LogP contribution is 2.25. The number of benzene rings is 1. The molecule has 2 saturated heterocycles. The third kappa shape index (κ3) is 2.93. The van der Waals surface area contributed by atoms with Crippen LogP contribution in [0, 0.1) is 5.82 Å². The van der Waals surface area contributed by atoms with Gasteiger partial charge in [-0.15, -0.1) is 0 Å². The molecule has 104 valence electrons. The molecular formula is C15H20ClFN2. The SMILES string of the molecule is Fc1cccc(Cl)c1CN1CCCN2CCCC2C1. The molecule has 4 heteroatoms. The largest absolute Gasteiger partial charge is 0.299 e. The van der Waals surface area contributed by atoms with Gasteiger partial charge in [-0.1, -0.05) is 17.7 Å². The first-order valence-electron chi connectivity index (χ1n) is 7.13. The van der Waals surface area contributed by atoms with Crippen LogP contribution in [0.3, 0.4) is 0 Å². The van der Waals surface area contributed by atoms with E-state index in [0.29, 0.717) is 23.2 Å². The molecule has 0 spiro atoms. The maximum atomic E-state index is 13.9. The van der Waals surface area contributed by atoms with Crippen molar-refractivity contribution >= 4 is 11.6 Å². The summed E-state index contributed by atoms with van der Waals surface area (Å²) in [5.41, 5.74) is 0.649. The van der Waals surface area contributed by atoms with Crippen molar-refractivity contribution in [2.75, 3.05) is 26.2 Å². The summed E-state index contributed by atoms with van der Waals surface area (Å²) < 4.78 is 13.9. The minimum atomic E-state index is -0.181. The topological polar surface area (TPSA) is 6.48 Å². The summed E-state index contributed by atoms with van der Waals surface area (Å²) >= 11 is 6.12. The van der Waals surface area contributed by atoms with Crippen LogP contribution in [0.5, 0.6) is 0 Å². The minimum Gasteiger partial charge on any atom is -0.299 e. The van der Waals surface area contributed by atoms with E-state index in [2.05, 4.69) is 9.80 Å². The van der Waals surface area contributed by atoms with Crippen LogP contribution >= 0.6 is 11.6 Å². The van der Waals surface area contributed by atoms with Crippen molar-refractivity contribution in [2.45, 2.75) is 31.8 Å². The zero-order chi connectivity index (χ0) is 13.2. The van der Waals surface area contributed by atoms with Crippen LogP contribution in [-0.2, 0) is 6.54 Å². The Bertz CT molecular complexity index is 432. The number of hydrogen-bond acceptors (Lipinski definition) is 2. The molecule has 0 aromatic heterocycles. The van der Waals surface area contributed by atoms with Gasteiger partial charge in [0.25, 0.3) is 0 Å². The second-order valence-corrected chi connectivity index (χ2v) is 6.03. The fraction of sp³-hybridized carbons (Fsp3) is 0.600. The quantitative estimate of drug-likeness (QED) is 0.822. The summed E-state index contributed by atoms with van der Waals surface area (Å²) in [4.78, 5) is 4.95. The molecule has 1 atom stereocenters. The van der Waals surface area contributed by atoms with Crippen LogP contribution in [0.25, 0.3) is 0 Å². The van der Waals surface area contributed by atoms with Gasteiger partial charge in [-0.3, -0.25) is 9.80 Å². The van der Waals surface area contributed by atoms with Crippen molar-refractivity contribution in [2.24, 2.45) is 0 Å². The van der Waals surface area contributed by atoms with Crippen molar-refractivity contribution in [3.63, 3.8) is 0 Å². The van der Waals surface area contributed by atoms with Crippen molar-refractivity contribution in [1.82, 2.24) is 9.80 Å². The van der Waals surface area contributed by atoms with Gasteiger partial charge in [0.05, 0.1) is 0 Å². The molecule has 0 saturated carbocycles. The molecule has 0 aliphatic carbocycles. The van der Waals surface area contributed by atoms with E-state index in [9.17, 15) is 4.39 Å². The molecule has 0 N–H and O–H groups in total. The van der Waals surface area contributed by atoms with Crippen LogP contribution in [0.15, 0.2) is 18.2 Å². The highest BCUT2D eigenvalue weighted by atomic mass is 35.5. The lowest BCUT2D eigenvalue weighted by molar-refractivity contribution is 0.214. The number of nitrogens with zero attached hydrogens (tertiary/aromatic N) is 2. The summed E-state index contributed by atoms with van der Waals surface area (Å²) in [6.07, 6.45) is 3.75. The molecule has 3 rings (SSSR count). The van der Waals surface area contributed by atoms with Crippen molar-refractivity contribution < 1.29 is 4.39 Å². The van der Waals surface area contributed by atoms with E-state index in [-0.39, 0.29) is 5.82 Å². The van der Waals surface area contributed by atoms with Crippen molar-refractivity contribution in [3.8, 4) is 0 Å². The Balaban J connectivity index is 1.72. The van der Waals surface area contributed by atoms with E-state index in [1.54, 1.807) is 12.1 Å². The minimum absolute atomic E-state index is 0.181. The lowest BCUT2D eigenvalue weighted by Crippen LogP contribution is -2.36. The Morgan fingerprint density at radius 3 is 2.89 bits per heavy atom. The Morgan fingerprint density at radius 2 is 2.05 bits per heavy atom. The predicted molar refractivity (Wildman–Crippen MR) is 75.9 cm³/mol. The molecule has 19 heavy (non-hydrogen) atoms. The second-order valence-electron chi connectivity index (χ2n) is 5.62. The van der Waals surface area contributed by atoms with Gasteiger partial charge < -0.3 is 0 Å². The van der Waals surface area contributed by atoms with E-state index in [1.165, 1.54) is 38.4 Å². The standard InChI is InChI=1S/C15H20ClFN2/c16-14-5-1-6-15(17)13(14)11-18-7-3-9-19-8-2-4-12(19)10-18/h1,5-6,12H,2-4,7-11H2. The molecule has 2 heterocycles. The maximum absolute atomic E-state index is 13.9. The summed E-state index contributed by atoms with van der Waals surface area (Å²) in [5.74, 6) is -0.181. The van der Waals surface area contributed by atoms with E-state index >= 15 is 0 Å². The normalized spacial score (nSPS) is 25.3. The molecule has 0 bridgehead atoms. The number of rotatable bonds is 2. The zero-order valence-electron chi connectivity index (χ0n) is 11.1. The summed E-state index contributed by atoms with van der Waals surface area (Å²) in [5, 5.41) is 0.549. The molecule has 0 radical (unpaired) electrons. The molecule has 1 unspecified atom stereocenters. The third-order valence-electron chi connectivity index (χ3n) is 4.33. The lowest BCUT2D eigenvalue weighted by atomic mass is 10.1. The first kappa shape index (κ1) is 13.3. The number of fused-ring (bicyclic) bond motifs is 1. The smallest absolute Gasteiger partial charge is 0.129 e. The van der Waals surface area contributed by atoms with Crippen LogP contribution in [0.2, 0.25) is 5.02 Å². The maximum Gasteiger partial charge on any atom is 0.129 e. The molecule has 2 aliphatic rings. The van der Waals surface area contributed by atoms with Gasteiger partial charge in [-0.2, -0.15) is 0 Å². The first-order chi connectivity index (χ1) is 9.24. The molecule has 0 amide bonds. The average molecular weight is 283 g/mol. The van der Waals surface area contributed by atoms with Gasteiger partial charge in [0, 0.05) is 29.7 Å². The fourth-order valence-corrected chi connectivity index (χ4v) is 3.56. The highest BCUT2D eigenvalue weighted by molar-refractivity contribution is 6.31. The van der Waals surface area contributed by atoms with Gasteiger partial charge >= 0.3 is 0 Å². The Kier molecular flexibility index (Phi) is 4.06. The zero-order valence-corrected chi connectivity index (χ0v) is 11.9. The van der Waals surface area contributed by atoms with Crippen LogP contribution in [-0.4, -0.2) is 42.0 Å². The molecule has 2 fully saturated rings. The average Bonchev–Trinajstić information content (AvgIpc) is 2.73. The van der Waals surface area contributed by atoms with Crippen LogP contribution in [0.4, 0.5) is 4.39 Å². The monoisotopic (exact) mass is 282 g/mol. The molecule has 1 aromatic rings. The van der Waals surface area contributed by atoms with Crippen molar-refractivity contribution in [1.29, 1.82) is 0 Å². The van der Waals surface area contributed by atoms with Gasteiger partial charge in [0.15, 0.2) is 0 Å². The first-order valence-corrected chi connectivity index (χ1v) is 7.51. The van der Waals surface area contributed by atoms with Crippen LogP contribution in [0.1, 0.15) is 24.8 Å². The van der Waals surface area contributed by atoms with E-state index in [4.69, 9.17) is 11.6 Å². The Hall–Kier alpha value is -0.640. The van der Waals surface area contributed by atoms with E-state index in [0.717, 1.165) is 13.1 Å². The van der Waals surface area contributed by atoms with E-state index in [1.807, 2.05) is 0 Å². The molecule has 2 nitrogen and oxygen atoms in total. The third-order valence-corrected chi connectivity index (χ3v) is 4.69. The number of halogens is 2. The summed E-state index contributed by atoms with van der Waals surface area (Å²) in [6, 6.07) is 5.61.